The lowest BCUT2D eigenvalue weighted by atomic mass is 10.2. The smallest absolute Gasteiger partial charge is 0.216 e. The van der Waals surface area contributed by atoms with Crippen LogP contribution in [0.25, 0.3) is 0 Å². The summed E-state index contributed by atoms with van der Waals surface area (Å²) in [5, 5.41) is 8.25. The van der Waals surface area contributed by atoms with Gasteiger partial charge in [0.1, 0.15) is 5.69 Å². The summed E-state index contributed by atoms with van der Waals surface area (Å²) in [6, 6.07) is 1.62. The van der Waals surface area contributed by atoms with Gasteiger partial charge in [-0.2, -0.15) is 10.2 Å². The molecule has 0 amide bonds. The van der Waals surface area contributed by atoms with Crippen LogP contribution in [0.4, 0.5) is 0 Å². The van der Waals surface area contributed by atoms with E-state index in [1.807, 2.05) is 0 Å². The van der Waals surface area contributed by atoms with E-state index >= 15 is 0 Å². The first kappa shape index (κ1) is 12.3. The van der Waals surface area contributed by atoms with E-state index in [2.05, 4.69) is 17.1 Å². The molecule has 0 aromatic carbocycles. The summed E-state index contributed by atoms with van der Waals surface area (Å²) in [6.07, 6.45) is 4.29. The second-order valence-electron chi connectivity index (χ2n) is 4.02. The van der Waals surface area contributed by atoms with Gasteiger partial charge in [0.25, 0.3) is 0 Å². The van der Waals surface area contributed by atoms with Crippen molar-refractivity contribution in [3.63, 3.8) is 0 Å². The van der Waals surface area contributed by atoms with E-state index in [-0.39, 0.29) is 5.78 Å². The van der Waals surface area contributed by atoms with Crippen molar-refractivity contribution in [1.29, 1.82) is 0 Å². The second-order valence-corrected chi connectivity index (χ2v) is 4.02. The molecule has 0 aliphatic rings. The molecule has 6 heteroatoms. The Balaban J connectivity index is 2.23. The number of nitrogens with zero attached hydrogens (tertiary/aromatic N) is 4. The van der Waals surface area contributed by atoms with Gasteiger partial charge in [-0.1, -0.05) is 6.92 Å². The molecule has 2 aromatic heterocycles. The zero-order valence-electron chi connectivity index (χ0n) is 10.8. The third-order valence-electron chi connectivity index (χ3n) is 2.63. The Labute approximate surface area is 105 Å². The molecule has 0 bridgehead atoms. The van der Waals surface area contributed by atoms with Crippen molar-refractivity contribution in [2.75, 3.05) is 7.11 Å². The summed E-state index contributed by atoms with van der Waals surface area (Å²) < 4.78 is 8.37. The zero-order valence-corrected chi connectivity index (χ0v) is 10.8. The van der Waals surface area contributed by atoms with E-state index in [1.165, 1.54) is 4.68 Å². The third-order valence-corrected chi connectivity index (χ3v) is 2.63. The predicted octanol–water partition coefficient (Wildman–Crippen LogP) is 1.27. The van der Waals surface area contributed by atoms with Crippen molar-refractivity contribution in [3.8, 4) is 5.88 Å². The normalized spacial score (nSPS) is 10.6. The number of aromatic nitrogens is 4. The average molecular weight is 248 g/mol. The van der Waals surface area contributed by atoms with Crippen molar-refractivity contribution < 1.29 is 9.53 Å². The maximum Gasteiger partial charge on any atom is 0.216 e. The lowest BCUT2D eigenvalue weighted by Gasteiger charge is -1.95. The average Bonchev–Trinajstić information content (AvgIpc) is 2.95. The highest BCUT2D eigenvalue weighted by atomic mass is 16.5. The minimum Gasteiger partial charge on any atom is -0.481 e. The number of carbonyl (C=O) groups is 1. The Morgan fingerprint density at radius 2 is 2.28 bits per heavy atom. The molecule has 0 radical (unpaired) electrons. The third kappa shape index (κ3) is 2.27. The molecule has 0 saturated heterocycles. The molecule has 0 aliphatic heterocycles. The van der Waals surface area contributed by atoms with Gasteiger partial charge in [-0.25, -0.2) is 4.68 Å². The molecular weight excluding hydrogens is 232 g/mol. The summed E-state index contributed by atoms with van der Waals surface area (Å²) in [5.74, 6) is 0.413. The van der Waals surface area contributed by atoms with Crippen LogP contribution in [-0.4, -0.2) is 32.5 Å². The van der Waals surface area contributed by atoms with E-state index < -0.39 is 0 Å². The molecule has 2 heterocycles. The number of methoxy groups -OCH3 is 1. The number of rotatable bonds is 5. The minimum atomic E-state index is -0.142. The Bertz CT molecular complexity index is 556. The molecule has 0 unspecified atom stereocenters. The fourth-order valence-electron chi connectivity index (χ4n) is 1.73. The van der Waals surface area contributed by atoms with Gasteiger partial charge in [-0.15, -0.1) is 0 Å². The summed E-state index contributed by atoms with van der Waals surface area (Å²) in [7, 11) is 3.28. The molecule has 0 saturated carbocycles. The Morgan fingerprint density at radius 1 is 1.50 bits per heavy atom. The van der Waals surface area contributed by atoms with E-state index in [9.17, 15) is 4.79 Å². The van der Waals surface area contributed by atoms with Gasteiger partial charge in [0.2, 0.25) is 11.7 Å². The first-order valence-corrected chi connectivity index (χ1v) is 5.81. The molecule has 2 aromatic rings. The van der Waals surface area contributed by atoms with E-state index in [4.69, 9.17) is 4.74 Å². The molecule has 0 N–H and O–H groups in total. The first-order valence-electron chi connectivity index (χ1n) is 5.81. The van der Waals surface area contributed by atoms with Crippen molar-refractivity contribution in [2.45, 2.75) is 19.9 Å². The number of ketones is 1. The maximum atomic E-state index is 12.2. The molecule has 0 aliphatic carbocycles. The molecule has 18 heavy (non-hydrogen) atoms. The highest BCUT2D eigenvalue weighted by Crippen LogP contribution is 2.14. The van der Waals surface area contributed by atoms with Gasteiger partial charge in [0.15, 0.2) is 0 Å². The van der Waals surface area contributed by atoms with Crippen LogP contribution in [0.1, 0.15) is 29.4 Å². The Morgan fingerprint density at radius 3 is 2.89 bits per heavy atom. The fraction of sp³-hybridized carbons (Fsp3) is 0.417. The van der Waals surface area contributed by atoms with Gasteiger partial charge in [0.05, 0.1) is 18.9 Å². The van der Waals surface area contributed by atoms with Gasteiger partial charge in [-0.05, 0) is 6.42 Å². The number of ether oxygens (including phenoxy) is 1. The van der Waals surface area contributed by atoms with E-state index in [0.29, 0.717) is 17.1 Å². The largest absolute Gasteiger partial charge is 0.481 e. The van der Waals surface area contributed by atoms with Crippen molar-refractivity contribution >= 4 is 5.78 Å². The van der Waals surface area contributed by atoms with E-state index in [1.54, 1.807) is 37.3 Å². The molecule has 6 nitrogen and oxygen atoms in total. The van der Waals surface area contributed by atoms with Crippen molar-refractivity contribution in [1.82, 2.24) is 19.6 Å². The quantitative estimate of drug-likeness (QED) is 0.747. The lowest BCUT2D eigenvalue weighted by molar-refractivity contribution is 0.103. The Hall–Kier alpha value is -2.11. The van der Waals surface area contributed by atoms with Crippen LogP contribution >= 0.6 is 0 Å². The van der Waals surface area contributed by atoms with Crippen LogP contribution in [0, 0.1) is 0 Å². The summed E-state index contributed by atoms with van der Waals surface area (Å²) in [6.45, 7) is 2.87. The Kier molecular flexibility index (Phi) is 3.45. The van der Waals surface area contributed by atoms with Crippen LogP contribution < -0.4 is 4.74 Å². The first-order chi connectivity index (χ1) is 8.65. The van der Waals surface area contributed by atoms with Crippen molar-refractivity contribution in [3.05, 3.63) is 29.7 Å². The number of hydrogen-bond donors (Lipinski definition) is 0. The number of carbonyl (C=O) groups excluding carboxylic acids is 1. The highest BCUT2D eigenvalue weighted by Gasteiger charge is 2.16. The lowest BCUT2D eigenvalue weighted by Crippen LogP contribution is -2.03. The molecule has 0 spiro atoms. The maximum absolute atomic E-state index is 12.2. The molecule has 2 rings (SSSR count). The van der Waals surface area contributed by atoms with Gasteiger partial charge < -0.3 is 4.74 Å². The topological polar surface area (TPSA) is 61.9 Å². The second kappa shape index (κ2) is 5.03. The zero-order chi connectivity index (χ0) is 13.1. The highest BCUT2D eigenvalue weighted by molar-refractivity contribution is 6.07. The van der Waals surface area contributed by atoms with Crippen molar-refractivity contribution in [2.24, 2.45) is 7.05 Å². The fourth-order valence-corrected chi connectivity index (χ4v) is 1.73. The molecular formula is C12H16N4O2. The van der Waals surface area contributed by atoms with Gasteiger partial charge in [0, 0.05) is 25.9 Å². The monoisotopic (exact) mass is 248 g/mol. The number of hydrogen-bond acceptors (Lipinski definition) is 4. The molecule has 0 fully saturated rings. The van der Waals surface area contributed by atoms with E-state index in [0.717, 1.165) is 13.0 Å². The van der Waals surface area contributed by atoms with Crippen LogP contribution in [0.15, 0.2) is 18.5 Å². The standard InChI is InChI=1S/C12H16N4O2/c1-4-5-16-8-9(7-13-16)12(17)10-6-11(18-3)15(2)14-10/h6-8H,4-5H2,1-3H3. The van der Waals surface area contributed by atoms with Gasteiger partial charge in [-0.3, -0.25) is 9.48 Å². The SMILES string of the molecule is CCCn1cc(C(=O)c2cc(OC)n(C)n2)cn1. The van der Waals surface area contributed by atoms with Gasteiger partial charge >= 0.3 is 0 Å². The number of aryl methyl sites for hydroxylation is 2. The van der Waals surface area contributed by atoms with Crippen LogP contribution in [0.5, 0.6) is 5.88 Å². The minimum absolute atomic E-state index is 0.142. The summed E-state index contributed by atoms with van der Waals surface area (Å²) in [5.41, 5.74) is 0.912. The van der Waals surface area contributed by atoms with Crippen LogP contribution in [-0.2, 0) is 13.6 Å². The van der Waals surface area contributed by atoms with Crippen LogP contribution in [0.2, 0.25) is 0 Å². The molecule has 0 atom stereocenters. The molecule has 96 valence electrons. The summed E-state index contributed by atoms with van der Waals surface area (Å²) >= 11 is 0. The summed E-state index contributed by atoms with van der Waals surface area (Å²) in [4.78, 5) is 12.2. The van der Waals surface area contributed by atoms with Crippen LogP contribution in [0.3, 0.4) is 0 Å². The predicted molar refractivity (Wildman–Crippen MR) is 65.7 cm³/mol.